The molecule has 0 saturated carbocycles. The van der Waals surface area contributed by atoms with Gasteiger partial charge < -0.3 is 15.3 Å². The van der Waals surface area contributed by atoms with Crippen LogP contribution in [0.4, 0.5) is 4.79 Å². The molecule has 5 nitrogen and oxygen atoms in total. The van der Waals surface area contributed by atoms with E-state index in [1.54, 1.807) is 0 Å². The summed E-state index contributed by atoms with van der Waals surface area (Å²) in [6, 6.07) is -0.0680. The van der Waals surface area contributed by atoms with Crippen molar-refractivity contribution >= 4 is 12.0 Å². The van der Waals surface area contributed by atoms with Crippen LogP contribution < -0.4 is 5.32 Å². The summed E-state index contributed by atoms with van der Waals surface area (Å²) in [6.07, 6.45) is 0.922. The number of amides is 2. The predicted molar refractivity (Wildman–Crippen MR) is 46.3 cm³/mol. The third-order valence-electron chi connectivity index (χ3n) is 1.99. The van der Waals surface area contributed by atoms with E-state index in [0.29, 0.717) is 19.5 Å². The van der Waals surface area contributed by atoms with Crippen LogP contribution in [-0.4, -0.2) is 41.1 Å². The molecule has 0 spiro atoms. The molecule has 0 aliphatic carbocycles. The first-order valence-corrected chi connectivity index (χ1v) is 4.04. The van der Waals surface area contributed by atoms with Crippen molar-refractivity contribution in [2.75, 3.05) is 13.1 Å². The molecule has 2 N–H and O–H groups in total. The molecule has 1 heterocycles. The van der Waals surface area contributed by atoms with Crippen molar-refractivity contribution < 1.29 is 14.7 Å². The third kappa shape index (κ3) is 2.47. The maximum atomic E-state index is 10.8. The molecule has 13 heavy (non-hydrogen) atoms. The molecule has 1 rings (SSSR count). The lowest BCUT2D eigenvalue weighted by Crippen LogP contribution is -2.37. The van der Waals surface area contributed by atoms with Gasteiger partial charge in [0.15, 0.2) is 0 Å². The third-order valence-corrected chi connectivity index (χ3v) is 1.99. The molecule has 1 aliphatic heterocycles. The average Bonchev–Trinajstić information content (AvgIpc) is 2.52. The van der Waals surface area contributed by atoms with E-state index in [2.05, 4.69) is 11.9 Å². The fraction of sp³-hybridized carbons (Fsp3) is 0.500. The van der Waals surface area contributed by atoms with Crippen molar-refractivity contribution in [1.82, 2.24) is 10.2 Å². The molecular formula is C8H12N2O3. The van der Waals surface area contributed by atoms with Gasteiger partial charge in [-0.2, -0.15) is 0 Å². The Bertz CT molecular complexity index is 240. The van der Waals surface area contributed by atoms with Crippen LogP contribution in [0.2, 0.25) is 0 Å². The van der Waals surface area contributed by atoms with Crippen LogP contribution in [-0.2, 0) is 4.79 Å². The zero-order valence-corrected chi connectivity index (χ0v) is 7.19. The largest absolute Gasteiger partial charge is 0.465 e. The maximum absolute atomic E-state index is 10.8. The molecule has 0 aromatic carbocycles. The number of nitrogens with zero attached hydrogens (tertiary/aromatic N) is 1. The lowest BCUT2D eigenvalue weighted by molar-refractivity contribution is -0.117. The lowest BCUT2D eigenvalue weighted by atomic mass is 10.2. The van der Waals surface area contributed by atoms with Crippen LogP contribution in [0.1, 0.15) is 6.42 Å². The van der Waals surface area contributed by atoms with Gasteiger partial charge in [-0.15, -0.1) is 0 Å². The Morgan fingerprint density at radius 2 is 2.31 bits per heavy atom. The highest BCUT2D eigenvalue weighted by molar-refractivity contribution is 5.87. The minimum absolute atomic E-state index is 0.0680. The van der Waals surface area contributed by atoms with E-state index < -0.39 is 6.09 Å². The maximum Gasteiger partial charge on any atom is 0.407 e. The van der Waals surface area contributed by atoms with Crippen molar-refractivity contribution in [3.8, 4) is 0 Å². The van der Waals surface area contributed by atoms with E-state index in [4.69, 9.17) is 5.11 Å². The molecule has 1 aliphatic rings. The second kappa shape index (κ2) is 3.93. The molecule has 1 saturated heterocycles. The van der Waals surface area contributed by atoms with E-state index in [9.17, 15) is 9.59 Å². The first kappa shape index (κ1) is 9.57. The summed E-state index contributed by atoms with van der Waals surface area (Å²) >= 11 is 0. The number of hydrogen-bond acceptors (Lipinski definition) is 2. The van der Waals surface area contributed by atoms with Gasteiger partial charge in [0.2, 0.25) is 5.91 Å². The molecule has 72 valence electrons. The Morgan fingerprint density at radius 1 is 1.62 bits per heavy atom. The number of carboxylic acid groups (broad SMARTS) is 1. The Hall–Kier alpha value is -1.52. The average molecular weight is 184 g/mol. The van der Waals surface area contributed by atoms with Crippen LogP contribution in [0.3, 0.4) is 0 Å². The predicted octanol–water partition coefficient (Wildman–Crippen LogP) is 0.0409. The van der Waals surface area contributed by atoms with Crippen molar-refractivity contribution in [1.29, 1.82) is 0 Å². The second-order valence-corrected chi connectivity index (χ2v) is 2.93. The zero-order valence-electron chi connectivity index (χ0n) is 7.19. The standard InChI is InChI=1S/C8H12N2O3/c1-2-7(11)9-6-3-4-10(5-6)8(12)13/h2,6H,1,3-5H2,(H,9,11)(H,12,13)/t6-/m1/s1. The molecule has 0 aromatic rings. The first-order chi connectivity index (χ1) is 6.13. The quantitative estimate of drug-likeness (QED) is 0.595. The summed E-state index contributed by atoms with van der Waals surface area (Å²) in [5.41, 5.74) is 0. The van der Waals surface area contributed by atoms with Gasteiger partial charge in [0.25, 0.3) is 0 Å². The molecular weight excluding hydrogens is 172 g/mol. The van der Waals surface area contributed by atoms with Crippen LogP contribution in [0.25, 0.3) is 0 Å². The number of rotatable bonds is 2. The Kier molecular flexibility index (Phi) is 2.89. The Labute approximate surface area is 76.0 Å². The van der Waals surface area contributed by atoms with Crippen molar-refractivity contribution in [3.63, 3.8) is 0 Å². The van der Waals surface area contributed by atoms with Crippen LogP contribution >= 0.6 is 0 Å². The van der Waals surface area contributed by atoms with E-state index in [0.717, 1.165) is 0 Å². The van der Waals surface area contributed by atoms with Crippen molar-refractivity contribution in [3.05, 3.63) is 12.7 Å². The summed E-state index contributed by atoms with van der Waals surface area (Å²) in [4.78, 5) is 22.6. The molecule has 0 unspecified atom stereocenters. The molecule has 1 atom stereocenters. The fourth-order valence-electron chi connectivity index (χ4n) is 1.31. The van der Waals surface area contributed by atoms with Gasteiger partial charge in [0, 0.05) is 19.1 Å². The molecule has 2 amide bonds. The smallest absolute Gasteiger partial charge is 0.407 e. The van der Waals surface area contributed by atoms with Gasteiger partial charge >= 0.3 is 6.09 Å². The second-order valence-electron chi connectivity index (χ2n) is 2.93. The van der Waals surface area contributed by atoms with Crippen LogP contribution in [0.15, 0.2) is 12.7 Å². The summed E-state index contributed by atoms with van der Waals surface area (Å²) in [6.45, 7) is 4.17. The van der Waals surface area contributed by atoms with Gasteiger partial charge in [-0.1, -0.05) is 6.58 Å². The monoisotopic (exact) mass is 184 g/mol. The molecule has 0 radical (unpaired) electrons. The number of nitrogens with one attached hydrogen (secondary N) is 1. The number of carbonyl (C=O) groups is 2. The van der Waals surface area contributed by atoms with Gasteiger partial charge in [0.1, 0.15) is 0 Å². The number of carbonyl (C=O) groups excluding carboxylic acids is 1. The molecule has 0 aromatic heterocycles. The van der Waals surface area contributed by atoms with E-state index >= 15 is 0 Å². The summed E-state index contributed by atoms with van der Waals surface area (Å²) in [5, 5.41) is 11.3. The fourth-order valence-corrected chi connectivity index (χ4v) is 1.31. The zero-order chi connectivity index (χ0) is 9.84. The normalized spacial score (nSPS) is 21.2. The lowest BCUT2D eigenvalue weighted by Gasteiger charge is -2.12. The number of hydrogen-bond donors (Lipinski definition) is 2. The molecule has 5 heteroatoms. The Balaban J connectivity index is 2.37. The Morgan fingerprint density at radius 3 is 2.77 bits per heavy atom. The summed E-state index contributed by atoms with van der Waals surface area (Å²) < 4.78 is 0. The molecule has 0 bridgehead atoms. The minimum Gasteiger partial charge on any atom is -0.465 e. The molecule has 1 fully saturated rings. The van der Waals surface area contributed by atoms with E-state index in [-0.39, 0.29) is 11.9 Å². The van der Waals surface area contributed by atoms with Gasteiger partial charge in [-0.05, 0) is 12.5 Å². The van der Waals surface area contributed by atoms with E-state index in [1.165, 1.54) is 11.0 Å². The number of likely N-dealkylation sites (tertiary alicyclic amines) is 1. The highest BCUT2D eigenvalue weighted by Crippen LogP contribution is 2.08. The highest BCUT2D eigenvalue weighted by atomic mass is 16.4. The first-order valence-electron chi connectivity index (χ1n) is 4.04. The van der Waals surface area contributed by atoms with Gasteiger partial charge in [-0.25, -0.2) is 4.79 Å². The van der Waals surface area contributed by atoms with Crippen molar-refractivity contribution in [2.24, 2.45) is 0 Å². The summed E-state index contributed by atoms with van der Waals surface area (Å²) in [7, 11) is 0. The summed E-state index contributed by atoms with van der Waals surface area (Å²) in [5.74, 6) is -0.253. The SMILES string of the molecule is C=CC(=O)N[C@@H]1CCN(C(=O)O)C1. The van der Waals surface area contributed by atoms with E-state index in [1.807, 2.05) is 0 Å². The topological polar surface area (TPSA) is 69.6 Å². The highest BCUT2D eigenvalue weighted by Gasteiger charge is 2.26. The van der Waals surface area contributed by atoms with Crippen LogP contribution in [0, 0.1) is 0 Å². The van der Waals surface area contributed by atoms with Crippen molar-refractivity contribution in [2.45, 2.75) is 12.5 Å². The van der Waals surface area contributed by atoms with Gasteiger partial charge in [0.05, 0.1) is 0 Å². The van der Waals surface area contributed by atoms with Gasteiger partial charge in [-0.3, -0.25) is 4.79 Å². The van der Waals surface area contributed by atoms with Crippen LogP contribution in [0.5, 0.6) is 0 Å². The minimum atomic E-state index is -0.935.